The van der Waals surface area contributed by atoms with Crippen LogP contribution in [0, 0.1) is 6.92 Å². The molecule has 0 spiro atoms. The number of ketones is 1. The molecule has 0 N–H and O–H groups in total. The van der Waals surface area contributed by atoms with Crippen molar-refractivity contribution in [3.8, 4) is 0 Å². The summed E-state index contributed by atoms with van der Waals surface area (Å²) in [6.45, 7) is 1.82. The number of carbonyl (C=O) groups excluding carboxylic acids is 1. The smallest absolute Gasteiger partial charge is 0.213 e. The number of hydrogen-bond acceptors (Lipinski definition) is 3. The van der Waals surface area contributed by atoms with Gasteiger partial charge in [0.2, 0.25) is 5.78 Å². The molecule has 3 nitrogen and oxygen atoms in total. The van der Waals surface area contributed by atoms with E-state index in [2.05, 4.69) is 9.97 Å². The molecule has 0 bridgehead atoms. The van der Waals surface area contributed by atoms with Gasteiger partial charge in [-0.2, -0.15) is 0 Å². The van der Waals surface area contributed by atoms with Gasteiger partial charge in [-0.1, -0.05) is 6.07 Å². The summed E-state index contributed by atoms with van der Waals surface area (Å²) >= 11 is 0. The summed E-state index contributed by atoms with van der Waals surface area (Å²) in [7, 11) is 0. The molecule has 2 rings (SSSR count). The Kier molecular flexibility index (Phi) is 2.54. The Hall–Kier alpha value is -2.03. The third-order valence-electron chi connectivity index (χ3n) is 2.15. The van der Waals surface area contributed by atoms with Crippen LogP contribution in [0.1, 0.15) is 21.7 Å². The Labute approximate surface area is 87.8 Å². The summed E-state index contributed by atoms with van der Waals surface area (Å²) in [6.07, 6.45) is 3.28. The molecule has 2 aromatic rings. The highest BCUT2D eigenvalue weighted by molar-refractivity contribution is 6.08. The van der Waals surface area contributed by atoms with E-state index in [4.69, 9.17) is 0 Å². The van der Waals surface area contributed by atoms with Crippen LogP contribution < -0.4 is 0 Å². The molecule has 0 aliphatic rings. The van der Waals surface area contributed by atoms with Crippen molar-refractivity contribution in [2.45, 2.75) is 6.92 Å². The SMILES string of the molecule is Cc1ncccc1C(=O)c1ccccn1. The average molecular weight is 198 g/mol. The zero-order valence-corrected chi connectivity index (χ0v) is 8.34. The standard InChI is InChI=1S/C12H10N2O/c1-9-10(5-4-8-13-9)12(15)11-6-2-3-7-14-11/h2-8H,1H3. The topological polar surface area (TPSA) is 42.9 Å². The third kappa shape index (κ3) is 1.91. The third-order valence-corrected chi connectivity index (χ3v) is 2.15. The summed E-state index contributed by atoms with van der Waals surface area (Å²) in [5.41, 5.74) is 1.79. The van der Waals surface area contributed by atoms with Crippen LogP contribution >= 0.6 is 0 Å². The Bertz CT molecular complexity index is 480. The van der Waals surface area contributed by atoms with Crippen LogP contribution in [0.4, 0.5) is 0 Å². The second kappa shape index (κ2) is 4.00. The quantitative estimate of drug-likeness (QED) is 0.693. The zero-order valence-electron chi connectivity index (χ0n) is 8.34. The van der Waals surface area contributed by atoms with Crippen LogP contribution in [0.25, 0.3) is 0 Å². The van der Waals surface area contributed by atoms with Crippen LogP contribution in [0.3, 0.4) is 0 Å². The van der Waals surface area contributed by atoms with E-state index in [0.29, 0.717) is 11.3 Å². The van der Waals surface area contributed by atoms with E-state index in [0.717, 1.165) is 5.69 Å². The fourth-order valence-electron chi connectivity index (χ4n) is 1.36. The van der Waals surface area contributed by atoms with Crippen LogP contribution in [-0.2, 0) is 0 Å². The normalized spacial score (nSPS) is 9.93. The van der Waals surface area contributed by atoms with Crippen molar-refractivity contribution >= 4 is 5.78 Å². The van der Waals surface area contributed by atoms with E-state index < -0.39 is 0 Å². The van der Waals surface area contributed by atoms with Crippen LogP contribution in [0.15, 0.2) is 42.7 Å². The number of aromatic nitrogens is 2. The van der Waals surface area contributed by atoms with Crippen molar-refractivity contribution in [2.75, 3.05) is 0 Å². The van der Waals surface area contributed by atoms with Gasteiger partial charge in [0.25, 0.3) is 0 Å². The molecule has 0 radical (unpaired) electrons. The summed E-state index contributed by atoms with van der Waals surface area (Å²) in [5.74, 6) is -0.0822. The predicted octanol–water partition coefficient (Wildman–Crippen LogP) is 2.02. The van der Waals surface area contributed by atoms with E-state index in [1.807, 2.05) is 6.92 Å². The number of rotatable bonds is 2. The molecule has 0 aliphatic heterocycles. The lowest BCUT2D eigenvalue weighted by Gasteiger charge is -2.02. The van der Waals surface area contributed by atoms with Gasteiger partial charge >= 0.3 is 0 Å². The second-order valence-electron chi connectivity index (χ2n) is 3.18. The van der Waals surface area contributed by atoms with E-state index in [1.54, 1.807) is 42.7 Å². The van der Waals surface area contributed by atoms with Gasteiger partial charge in [0.15, 0.2) is 0 Å². The first-order valence-electron chi connectivity index (χ1n) is 4.66. The second-order valence-corrected chi connectivity index (χ2v) is 3.18. The summed E-state index contributed by atoms with van der Waals surface area (Å²) in [5, 5.41) is 0. The molecule has 0 atom stereocenters. The summed E-state index contributed by atoms with van der Waals surface area (Å²) in [6, 6.07) is 8.80. The molecular weight excluding hydrogens is 188 g/mol. The van der Waals surface area contributed by atoms with Gasteiger partial charge in [0, 0.05) is 23.7 Å². The van der Waals surface area contributed by atoms with Crippen molar-refractivity contribution < 1.29 is 4.79 Å². The summed E-state index contributed by atoms with van der Waals surface area (Å²) in [4.78, 5) is 20.1. The van der Waals surface area contributed by atoms with Gasteiger partial charge in [-0.15, -0.1) is 0 Å². The molecule has 0 aromatic carbocycles. The largest absolute Gasteiger partial charge is 0.287 e. The fraction of sp³-hybridized carbons (Fsp3) is 0.0833. The molecule has 0 unspecified atom stereocenters. The first-order chi connectivity index (χ1) is 7.29. The maximum absolute atomic E-state index is 12.0. The lowest BCUT2D eigenvalue weighted by molar-refractivity contribution is 0.103. The van der Waals surface area contributed by atoms with Gasteiger partial charge in [-0.3, -0.25) is 14.8 Å². The molecule has 74 valence electrons. The number of aryl methyl sites for hydroxylation is 1. The number of pyridine rings is 2. The highest BCUT2D eigenvalue weighted by Crippen LogP contribution is 2.09. The number of nitrogens with zero attached hydrogens (tertiary/aromatic N) is 2. The van der Waals surface area contributed by atoms with Crippen molar-refractivity contribution in [2.24, 2.45) is 0 Å². The molecule has 3 heteroatoms. The minimum absolute atomic E-state index is 0.0822. The average Bonchev–Trinajstić information content (AvgIpc) is 2.30. The van der Waals surface area contributed by atoms with E-state index >= 15 is 0 Å². The van der Waals surface area contributed by atoms with E-state index in [-0.39, 0.29) is 5.78 Å². The number of hydrogen-bond donors (Lipinski definition) is 0. The van der Waals surface area contributed by atoms with E-state index in [1.165, 1.54) is 0 Å². The maximum atomic E-state index is 12.0. The van der Waals surface area contributed by atoms with Crippen LogP contribution in [0.5, 0.6) is 0 Å². The van der Waals surface area contributed by atoms with Gasteiger partial charge in [0.05, 0.1) is 0 Å². The predicted molar refractivity (Wildman–Crippen MR) is 56.6 cm³/mol. The first-order valence-corrected chi connectivity index (χ1v) is 4.66. The van der Waals surface area contributed by atoms with Crippen molar-refractivity contribution in [3.63, 3.8) is 0 Å². The van der Waals surface area contributed by atoms with Gasteiger partial charge in [-0.25, -0.2) is 0 Å². The monoisotopic (exact) mass is 198 g/mol. The molecule has 0 fully saturated rings. The Morgan fingerprint density at radius 3 is 2.53 bits per heavy atom. The number of carbonyl (C=O) groups is 1. The zero-order chi connectivity index (χ0) is 10.7. The lowest BCUT2D eigenvalue weighted by atomic mass is 10.1. The van der Waals surface area contributed by atoms with Crippen molar-refractivity contribution in [1.29, 1.82) is 0 Å². The molecule has 2 aromatic heterocycles. The maximum Gasteiger partial charge on any atom is 0.213 e. The molecule has 2 heterocycles. The first kappa shape index (κ1) is 9.52. The lowest BCUT2D eigenvalue weighted by Crippen LogP contribution is -2.06. The molecular formula is C12H10N2O. The Morgan fingerprint density at radius 2 is 1.87 bits per heavy atom. The Balaban J connectivity index is 2.42. The molecule has 0 saturated carbocycles. The van der Waals surface area contributed by atoms with Gasteiger partial charge < -0.3 is 0 Å². The van der Waals surface area contributed by atoms with Crippen LogP contribution in [-0.4, -0.2) is 15.8 Å². The van der Waals surface area contributed by atoms with Gasteiger partial charge in [-0.05, 0) is 31.2 Å². The molecule has 0 aliphatic carbocycles. The molecule has 0 saturated heterocycles. The highest BCUT2D eigenvalue weighted by atomic mass is 16.1. The van der Waals surface area contributed by atoms with Crippen molar-refractivity contribution in [1.82, 2.24) is 9.97 Å². The van der Waals surface area contributed by atoms with Crippen molar-refractivity contribution in [3.05, 3.63) is 59.7 Å². The van der Waals surface area contributed by atoms with Crippen LogP contribution in [0.2, 0.25) is 0 Å². The minimum atomic E-state index is -0.0822. The van der Waals surface area contributed by atoms with Gasteiger partial charge in [0.1, 0.15) is 5.69 Å². The Morgan fingerprint density at radius 1 is 1.07 bits per heavy atom. The molecule has 0 amide bonds. The fourth-order valence-corrected chi connectivity index (χ4v) is 1.36. The minimum Gasteiger partial charge on any atom is -0.287 e. The summed E-state index contributed by atoms with van der Waals surface area (Å²) < 4.78 is 0. The van der Waals surface area contributed by atoms with E-state index in [9.17, 15) is 4.79 Å². The highest BCUT2D eigenvalue weighted by Gasteiger charge is 2.12. The molecule has 15 heavy (non-hydrogen) atoms.